The van der Waals surface area contributed by atoms with Gasteiger partial charge in [0.2, 0.25) is 0 Å². The minimum absolute atomic E-state index is 0.382. The number of anilines is 1. The lowest BCUT2D eigenvalue weighted by Crippen LogP contribution is -2.20. The van der Waals surface area contributed by atoms with Crippen LogP contribution in [0.1, 0.15) is 11.1 Å². The lowest BCUT2D eigenvalue weighted by atomic mass is 10.2. The predicted molar refractivity (Wildman–Crippen MR) is 124 cm³/mol. The number of amides is 1. The van der Waals surface area contributed by atoms with Crippen LogP contribution in [-0.2, 0) is 20.9 Å². The van der Waals surface area contributed by atoms with Crippen LogP contribution in [0.2, 0.25) is 5.02 Å². The molecule has 164 valence electrons. The molecule has 6 nitrogen and oxygen atoms in total. The summed E-state index contributed by atoms with van der Waals surface area (Å²) >= 11 is 5.87. The Hall–Kier alpha value is -3.77. The highest BCUT2D eigenvalue weighted by atomic mass is 35.5. The van der Waals surface area contributed by atoms with E-state index in [0.29, 0.717) is 28.8 Å². The van der Waals surface area contributed by atoms with E-state index < -0.39 is 11.9 Å². The molecule has 1 amide bonds. The summed E-state index contributed by atoms with van der Waals surface area (Å²) in [5.74, 6) is 0.340. The number of carbonyl (C=O) groups is 2. The second-order valence-corrected chi connectivity index (χ2v) is 7.14. The van der Waals surface area contributed by atoms with Gasteiger partial charge in [-0.05, 0) is 65.7 Å². The van der Waals surface area contributed by atoms with E-state index in [4.69, 9.17) is 25.8 Å². The second kappa shape index (κ2) is 11.6. The predicted octanol–water partition coefficient (Wildman–Crippen LogP) is 5.12. The fourth-order valence-corrected chi connectivity index (χ4v) is 2.77. The maximum atomic E-state index is 11.9. The van der Waals surface area contributed by atoms with Crippen molar-refractivity contribution in [3.05, 3.63) is 95.0 Å². The first kappa shape index (κ1) is 22.9. The zero-order chi connectivity index (χ0) is 22.8. The molecule has 0 atom stereocenters. The van der Waals surface area contributed by atoms with Gasteiger partial charge in [-0.3, -0.25) is 4.79 Å². The van der Waals surface area contributed by atoms with Gasteiger partial charge >= 0.3 is 5.97 Å². The van der Waals surface area contributed by atoms with Crippen molar-refractivity contribution < 1.29 is 23.8 Å². The standard InChI is InChI=1S/C25H22ClNO5/c1-30-22-13-9-21(10-14-22)27-24(28)17-32-25(29)15-6-18-4-11-23(12-5-18)31-16-19-2-7-20(26)8-3-19/h2-15H,16-17H2,1H3,(H,27,28). The summed E-state index contributed by atoms with van der Waals surface area (Å²) in [6, 6.07) is 21.5. The van der Waals surface area contributed by atoms with Crippen LogP contribution in [0.4, 0.5) is 5.69 Å². The van der Waals surface area contributed by atoms with Crippen molar-refractivity contribution in [1.82, 2.24) is 0 Å². The Labute approximate surface area is 191 Å². The molecule has 7 heteroatoms. The zero-order valence-corrected chi connectivity index (χ0v) is 18.2. The summed E-state index contributed by atoms with van der Waals surface area (Å²) in [6.45, 7) is 0.0456. The van der Waals surface area contributed by atoms with Gasteiger partial charge in [-0.2, -0.15) is 0 Å². The highest BCUT2D eigenvalue weighted by molar-refractivity contribution is 6.30. The molecule has 0 aromatic heterocycles. The van der Waals surface area contributed by atoms with Crippen molar-refractivity contribution in [2.75, 3.05) is 19.0 Å². The Kier molecular flexibility index (Phi) is 8.29. The Morgan fingerprint density at radius 1 is 0.906 bits per heavy atom. The van der Waals surface area contributed by atoms with Crippen LogP contribution < -0.4 is 14.8 Å². The third kappa shape index (κ3) is 7.49. The first-order valence-electron chi connectivity index (χ1n) is 9.78. The Morgan fingerprint density at radius 2 is 1.56 bits per heavy atom. The number of halogens is 1. The van der Waals surface area contributed by atoms with E-state index in [1.165, 1.54) is 6.08 Å². The summed E-state index contributed by atoms with van der Waals surface area (Å²) in [5, 5.41) is 3.32. The zero-order valence-electron chi connectivity index (χ0n) is 17.4. The van der Waals surface area contributed by atoms with Crippen molar-refractivity contribution in [2.24, 2.45) is 0 Å². The van der Waals surface area contributed by atoms with E-state index in [-0.39, 0.29) is 6.61 Å². The molecule has 0 fully saturated rings. The van der Waals surface area contributed by atoms with Crippen LogP contribution in [0.25, 0.3) is 6.08 Å². The van der Waals surface area contributed by atoms with E-state index in [9.17, 15) is 9.59 Å². The molecule has 0 bridgehead atoms. The number of nitrogens with one attached hydrogen (secondary N) is 1. The van der Waals surface area contributed by atoms with Gasteiger partial charge in [-0.1, -0.05) is 35.9 Å². The number of carbonyl (C=O) groups excluding carboxylic acids is 2. The molecule has 0 aliphatic rings. The van der Waals surface area contributed by atoms with E-state index in [2.05, 4.69) is 5.32 Å². The number of methoxy groups -OCH3 is 1. The highest BCUT2D eigenvalue weighted by Gasteiger charge is 2.06. The van der Waals surface area contributed by atoms with Crippen LogP contribution in [0, 0.1) is 0 Å². The van der Waals surface area contributed by atoms with Gasteiger partial charge in [0.25, 0.3) is 5.91 Å². The number of hydrogen-bond acceptors (Lipinski definition) is 5. The van der Waals surface area contributed by atoms with Gasteiger partial charge in [0.05, 0.1) is 7.11 Å². The SMILES string of the molecule is COc1ccc(NC(=O)COC(=O)C=Cc2ccc(OCc3ccc(Cl)cc3)cc2)cc1. The fraction of sp³-hybridized carbons (Fsp3) is 0.120. The Bertz CT molecular complexity index is 1060. The monoisotopic (exact) mass is 451 g/mol. The molecule has 0 radical (unpaired) electrons. The van der Waals surface area contributed by atoms with Gasteiger partial charge in [0, 0.05) is 16.8 Å². The maximum Gasteiger partial charge on any atom is 0.331 e. The summed E-state index contributed by atoms with van der Waals surface area (Å²) in [4.78, 5) is 23.8. The molecule has 1 N–H and O–H groups in total. The summed E-state index contributed by atoms with van der Waals surface area (Å²) in [6.07, 6.45) is 2.87. The van der Waals surface area contributed by atoms with E-state index >= 15 is 0 Å². The van der Waals surface area contributed by atoms with Crippen LogP contribution >= 0.6 is 11.6 Å². The second-order valence-electron chi connectivity index (χ2n) is 6.70. The molecule has 3 aromatic carbocycles. The lowest BCUT2D eigenvalue weighted by Gasteiger charge is -2.07. The molecular formula is C25H22ClNO5. The smallest absolute Gasteiger partial charge is 0.331 e. The average Bonchev–Trinajstić information content (AvgIpc) is 2.82. The minimum atomic E-state index is -0.613. The van der Waals surface area contributed by atoms with Crippen molar-refractivity contribution in [1.29, 1.82) is 0 Å². The van der Waals surface area contributed by atoms with Gasteiger partial charge in [-0.25, -0.2) is 4.79 Å². The van der Waals surface area contributed by atoms with Crippen molar-refractivity contribution in [3.8, 4) is 11.5 Å². The van der Waals surface area contributed by atoms with Gasteiger partial charge < -0.3 is 19.5 Å². The molecule has 32 heavy (non-hydrogen) atoms. The number of ether oxygens (including phenoxy) is 3. The molecule has 3 aromatic rings. The van der Waals surface area contributed by atoms with Crippen LogP contribution in [-0.4, -0.2) is 25.6 Å². The molecule has 0 unspecified atom stereocenters. The summed E-state index contributed by atoms with van der Waals surface area (Å²) in [7, 11) is 1.56. The molecule has 3 rings (SSSR count). The van der Waals surface area contributed by atoms with E-state index in [0.717, 1.165) is 11.1 Å². The molecule has 0 spiro atoms. The number of rotatable bonds is 9. The normalized spacial score (nSPS) is 10.6. The van der Waals surface area contributed by atoms with E-state index in [1.807, 2.05) is 48.5 Å². The fourth-order valence-electron chi connectivity index (χ4n) is 2.64. The van der Waals surface area contributed by atoms with Crippen LogP contribution in [0.5, 0.6) is 11.5 Å². The molecule has 0 saturated heterocycles. The van der Waals surface area contributed by atoms with Gasteiger partial charge in [-0.15, -0.1) is 0 Å². The molecular weight excluding hydrogens is 430 g/mol. The largest absolute Gasteiger partial charge is 0.497 e. The molecule has 0 aliphatic heterocycles. The number of hydrogen-bond donors (Lipinski definition) is 1. The number of benzene rings is 3. The Morgan fingerprint density at radius 3 is 2.22 bits per heavy atom. The molecule has 0 heterocycles. The summed E-state index contributed by atoms with van der Waals surface area (Å²) < 4.78 is 15.8. The summed E-state index contributed by atoms with van der Waals surface area (Å²) in [5.41, 5.74) is 2.39. The first-order chi connectivity index (χ1) is 15.5. The van der Waals surface area contributed by atoms with Crippen LogP contribution in [0.3, 0.4) is 0 Å². The molecule has 0 aliphatic carbocycles. The third-order valence-corrected chi connectivity index (χ3v) is 4.58. The lowest BCUT2D eigenvalue weighted by molar-refractivity contribution is -0.142. The van der Waals surface area contributed by atoms with Crippen molar-refractivity contribution in [3.63, 3.8) is 0 Å². The number of esters is 1. The highest BCUT2D eigenvalue weighted by Crippen LogP contribution is 2.17. The minimum Gasteiger partial charge on any atom is -0.497 e. The van der Waals surface area contributed by atoms with Gasteiger partial charge in [0.15, 0.2) is 6.61 Å². The topological polar surface area (TPSA) is 73.9 Å². The van der Waals surface area contributed by atoms with E-state index in [1.54, 1.807) is 37.5 Å². The maximum absolute atomic E-state index is 11.9. The van der Waals surface area contributed by atoms with Gasteiger partial charge in [0.1, 0.15) is 18.1 Å². The third-order valence-electron chi connectivity index (χ3n) is 4.33. The van der Waals surface area contributed by atoms with Crippen molar-refractivity contribution >= 4 is 35.2 Å². The Balaban J connectivity index is 1.41. The average molecular weight is 452 g/mol. The first-order valence-corrected chi connectivity index (χ1v) is 10.2. The molecule has 0 saturated carbocycles. The van der Waals surface area contributed by atoms with Crippen LogP contribution in [0.15, 0.2) is 78.9 Å². The van der Waals surface area contributed by atoms with Crippen molar-refractivity contribution in [2.45, 2.75) is 6.61 Å². The quantitative estimate of drug-likeness (QED) is 0.361.